The van der Waals surface area contributed by atoms with E-state index in [2.05, 4.69) is 17.2 Å². The van der Waals surface area contributed by atoms with E-state index < -0.39 is 6.04 Å². The maximum atomic E-state index is 12.9. The van der Waals surface area contributed by atoms with Crippen molar-refractivity contribution in [2.45, 2.75) is 52.0 Å². The standard InChI is InChI=1S/C23H33N3O4/c1-5-6-7-10-20(27)25-22(16(2)3)23(29)24-18-12-11-17-9-8-13-26(19(17)14-18)21(28)15-30-4/h5,11-12,14,16,22H,1,6-10,13,15H2,2-4H3,(H,24,29)(H,25,27)/t22-/m0/s1. The highest BCUT2D eigenvalue weighted by molar-refractivity contribution is 5.99. The molecule has 0 spiro atoms. The third-order valence-electron chi connectivity index (χ3n) is 5.12. The number of ether oxygens (including phenoxy) is 1. The van der Waals surface area contributed by atoms with Crippen molar-refractivity contribution in [1.82, 2.24) is 5.32 Å². The van der Waals surface area contributed by atoms with Gasteiger partial charge < -0.3 is 20.3 Å². The molecular formula is C23H33N3O4. The summed E-state index contributed by atoms with van der Waals surface area (Å²) in [5.41, 5.74) is 2.47. The number of fused-ring (bicyclic) bond motifs is 1. The number of allylic oxidation sites excluding steroid dienone is 1. The monoisotopic (exact) mass is 415 g/mol. The van der Waals surface area contributed by atoms with Crippen molar-refractivity contribution < 1.29 is 19.1 Å². The van der Waals surface area contributed by atoms with Crippen LogP contribution < -0.4 is 15.5 Å². The third-order valence-corrected chi connectivity index (χ3v) is 5.12. The lowest BCUT2D eigenvalue weighted by molar-refractivity contribution is -0.127. The zero-order valence-electron chi connectivity index (χ0n) is 18.2. The van der Waals surface area contributed by atoms with E-state index in [1.54, 1.807) is 11.0 Å². The largest absolute Gasteiger partial charge is 0.375 e. The summed E-state index contributed by atoms with van der Waals surface area (Å²) in [6, 6.07) is 4.96. The summed E-state index contributed by atoms with van der Waals surface area (Å²) in [6.07, 6.45) is 5.38. The highest BCUT2D eigenvalue weighted by Crippen LogP contribution is 2.30. The van der Waals surface area contributed by atoms with E-state index in [0.29, 0.717) is 25.1 Å². The molecule has 7 nitrogen and oxygen atoms in total. The summed E-state index contributed by atoms with van der Waals surface area (Å²) < 4.78 is 4.99. The number of carbonyl (C=O) groups is 3. The molecule has 0 unspecified atom stereocenters. The molecule has 2 rings (SSSR count). The van der Waals surface area contributed by atoms with Gasteiger partial charge in [-0.05, 0) is 49.3 Å². The Morgan fingerprint density at radius 1 is 1.30 bits per heavy atom. The van der Waals surface area contributed by atoms with Gasteiger partial charge in [0.05, 0.1) is 0 Å². The number of hydrogen-bond acceptors (Lipinski definition) is 4. The Labute approximate surface area is 178 Å². The number of anilines is 2. The molecule has 164 valence electrons. The number of rotatable bonds is 10. The van der Waals surface area contributed by atoms with E-state index >= 15 is 0 Å². The average molecular weight is 416 g/mol. The summed E-state index contributed by atoms with van der Waals surface area (Å²) in [7, 11) is 1.50. The minimum atomic E-state index is -0.636. The van der Waals surface area contributed by atoms with Gasteiger partial charge in [0.1, 0.15) is 12.6 Å². The molecule has 3 amide bonds. The number of benzene rings is 1. The Bertz CT molecular complexity index is 776. The van der Waals surface area contributed by atoms with Crippen molar-refractivity contribution in [2.75, 3.05) is 30.5 Å². The first kappa shape index (κ1) is 23.6. The van der Waals surface area contributed by atoms with Crippen LogP contribution in [0.5, 0.6) is 0 Å². The van der Waals surface area contributed by atoms with Crippen LogP contribution in [-0.2, 0) is 25.5 Å². The highest BCUT2D eigenvalue weighted by Gasteiger charge is 2.26. The fourth-order valence-corrected chi connectivity index (χ4v) is 3.52. The molecule has 0 fully saturated rings. The Morgan fingerprint density at radius 3 is 2.73 bits per heavy atom. The predicted octanol–water partition coefficient (Wildman–Crippen LogP) is 3.05. The summed E-state index contributed by atoms with van der Waals surface area (Å²) >= 11 is 0. The average Bonchev–Trinajstić information content (AvgIpc) is 2.71. The van der Waals surface area contributed by atoms with Crippen LogP contribution in [-0.4, -0.2) is 44.0 Å². The van der Waals surface area contributed by atoms with E-state index in [1.165, 1.54) is 7.11 Å². The quantitative estimate of drug-likeness (QED) is 0.454. The molecule has 0 aromatic heterocycles. The van der Waals surface area contributed by atoms with Crippen molar-refractivity contribution in [3.63, 3.8) is 0 Å². The fourth-order valence-electron chi connectivity index (χ4n) is 3.52. The van der Waals surface area contributed by atoms with Crippen molar-refractivity contribution in [3.05, 3.63) is 36.4 Å². The normalized spacial score (nSPS) is 14.1. The first-order valence-corrected chi connectivity index (χ1v) is 10.5. The zero-order valence-corrected chi connectivity index (χ0v) is 18.2. The number of amides is 3. The number of carbonyl (C=O) groups excluding carboxylic acids is 3. The molecule has 1 heterocycles. The first-order chi connectivity index (χ1) is 14.4. The van der Waals surface area contributed by atoms with E-state index in [-0.39, 0.29) is 30.2 Å². The Kier molecular flexibility index (Phi) is 9.05. The Hall–Kier alpha value is -2.67. The Balaban J connectivity index is 2.11. The maximum absolute atomic E-state index is 12.9. The minimum Gasteiger partial charge on any atom is -0.375 e. The summed E-state index contributed by atoms with van der Waals surface area (Å²) in [6.45, 7) is 8.09. The summed E-state index contributed by atoms with van der Waals surface area (Å²) in [5.74, 6) is -0.584. The molecule has 0 bridgehead atoms. The van der Waals surface area contributed by atoms with Crippen LogP contribution in [0.3, 0.4) is 0 Å². The summed E-state index contributed by atoms with van der Waals surface area (Å²) in [5, 5.41) is 5.73. The van der Waals surface area contributed by atoms with Gasteiger partial charge in [-0.2, -0.15) is 0 Å². The van der Waals surface area contributed by atoms with Crippen molar-refractivity contribution >= 4 is 29.1 Å². The molecule has 1 aromatic carbocycles. The van der Waals surface area contributed by atoms with Gasteiger partial charge >= 0.3 is 0 Å². The van der Waals surface area contributed by atoms with Crippen molar-refractivity contribution in [3.8, 4) is 0 Å². The van der Waals surface area contributed by atoms with Crippen LogP contribution in [0.2, 0.25) is 0 Å². The maximum Gasteiger partial charge on any atom is 0.252 e. The topological polar surface area (TPSA) is 87.7 Å². The van der Waals surface area contributed by atoms with E-state index in [9.17, 15) is 14.4 Å². The number of aryl methyl sites for hydroxylation is 1. The zero-order chi connectivity index (χ0) is 22.1. The number of methoxy groups -OCH3 is 1. The Morgan fingerprint density at radius 2 is 2.07 bits per heavy atom. The van der Waals surface area contributed by atoms with Crippen LogP contribution >= 0.6 is 0 Å². The van der Waals surface area contributed by atoms with Gasteiger partial charge in [0, 0.05) is 31.5 Å². The molecule has 2 N–H and O–H groups in total. The number of nitrogens with one attached hydrogen (secondary N) is 2. The van der Waals surface area contributed by atoms with Crippen LogP contribution in [0.25, 0.3) is 0 Å². The smallest absolute Gasteiger partial charge is 0.252 e. The van der Waals surface area contributed by atoms with Gasteiger partial charge in [0.25, 0.3) is 5.91 Å². The van der Waals surface area contributed by atoms with Gasteiger partial charge in [0.2, 0.25) is 11.8 Å². The van der Waals surface area contributed by atoms with Crippen molar-refractivity contribution in [2.24, 2.45) is 5.92 Å². The molecule has 1 aliphatic heterocycles. The SMILES string of the molecule is C=CCCCC(=O)N[C@H](C(=O)Nc1ccc2c(c1)N(C(=O)COC)CCC2)C(C)C. The van der Waals surface area contributed by atoms with E-state index in [4.69, 9.17) is 4.74 Å². The van der Waals surface area contributed by atoms with Gasteiger partial charge in [-0.15, -0.1) is 6.58 Å². The van der Waals surface area contributed by atoms with Gasteiger partial charge in [-0.25, -0.2) is 0 Å². The highest BCUT2D eigenvalue weighted by atomic mass is 16.5. The fraction of sp³-hybridized carbons (Fsp3) is 0.522. The molecule has 0 radical (unpaired) electrons. The van der Waals surface area contributed by atoms with E-state index in [1.807, 2.05) is 32.0 Å². The molecule has 1 aliphatic rings. The lowest BCUT2D eigenvalue weighted by Gasteiger charge is -2.30. The molecule has 30 heavy (non-hydrogen) atoms. The van der Waals surface area contributed by atoms with Crippen LogP contribution in [0.15, 0.2) is 30.9 Å². The van der Waals surface area contributed by atoms with Gasteiger partial charge in [-0.3, -0.25) is 14.4 Å². The number of hydrogen-bond donors (Lipinski definition) is 2. The molecular weight excluding hydrogens is 382 g/mol. The molecule has 0 saturated carbocycles. The lowest BCUT2D eigenvalue weighted by Crippen LogP contribution is -2.47. The molecule has 0 aliphatic carbocycles. The van der Waals surface area contributed by atoms with Gasteiger partial charge in [-0.1, -0.05) is 26.0 Å². The second-order valence-corrected chi connectivity index (χ2v) is 7.88. The molecule has 0 saturated heterocycles. The van der Waals surface area contributed by atoms with Crippen molar-refractivity contribution in [1.29, 1.82) is 0 Å². The number of unbranched alkanes of at least 4 members (excludes halogenated alkanes) is 1. The second-order valence-electron chi connectivity index (χ2n) is 7.88. The minimum absolute atomic E-state index is 0.0172. The van der Waals surface area contributed by atoms with Crippen LogP contribution in [0.1, 0.15) is 45.1 Å². The molecule has 1 atom stereocenters. The second kappa shape index (κ2) is 11.5. The lowest BCUT2D eigenvalue weighted by atomic mass is 10.00. The molecule has 1 aromatic rings. The molecule has 7 heteroatoms. The third kappa shape index (κ3) is 6.42. The predicted molar refractivity (Wildman–Crippen MR) is 118 cm³/mol. The number of nitrogens with zero attached hydrogens (tertiary/aromatic N) is 1. The first-order valence-electron chi connectivity index (χ1n) is 10.5. The van der Waals surface area contributed by atoms with E-state index in [0.717, 1.165) is 30.5 Å². The summed E-state index contributed by atoms with van der Waals surface area (Å²) in [4.78, 5) is 39.1. The van der Waals surface area contributed by atoms with Gasteiger partial charge in [0.15, 0.2) is 0 Å². The van der Waals surface area contributed by atoms with Crippen LogP contribution in [0, 0.1) is 5.92 Å². The van der Waals surface area contributed by atoms with Crippen LogP contribution in [0.4, 0.5) is 11.4 Å².